The highest BCUT2D eigenvalue weighted by molar-refractivity contribution is 5.04. The number of rotatable bonds is 4. The van der Waals surface area contributed by atoms with E-state index in [4.69, 9.17) is 10.2 Å². The molecule has 2 rings (SSSR count). The lowest BCUT2D eigenvalue weighted by molar-refractivity contribution is 0.455. The number of nitrogens with one attached hydrogen (secondary N) is 1. The highest BCUT2D eigenvalue weighted by Crippen LogP contribution is 2.16. The van der Waals surface area contributed by atoms with Crippen LogP contribution in [-0.4, -0.2) is 24.1 Å². The molecule has 3 N–H and O–H groups in total. The maximum absolute atomic E-state index is 5.58. The van der Waals surface area contributed by atoms with Crippen LogP contribution >= 0.6 is 0 Å². The summed E-state index contributed by atoms with van der Waals surface area (Å²) < 4.78 is 5.44. The molecule has 1 aromatic heterocycles. The molecule has 0 spiro atoms. The lowest BCUT2D eigenvalue weighted by atomic mass is 10.1. The molecule has 0 bridgehead atoms. The lowest BCUT2D eigenvalue weighted by Crippen LogP contribution is -2.23. The van der Waals surface area contributed by atoms with Crippen LogP contribution in [0.1, 0.15) is 37.3 Å². The Morgan fingerprint density at radius 2 is 2.60 bits per heavy atom. The first kappa shape index (κ1) is 10.6. The summed E-state index contributed by atoms with van der Waals surface area (Å²) in [6, 6.07) is 0.546. The fourth-order valence-electron chi connectivity index (χ4n) is 1.91. The van der Waals surface area contributed by atoms with Crippen molar-refractivity contribution in [3.05, 3.63) is 17.8 Å². The van der Waals surface area contributed by atoms with Gasteiger partial charge in [-0.2, -0.15) is 0 Å². The van der Waals surface area contributed by atoms with Gasteiger partial charge in [-0.3, -0.25) is 0 Å². The Morgan fingerprint density at radius 1 is 1.73 bits per heavy atom. The minimum Gasteiger partial charge on any atom is -0.449 e. The van der Waals surface area contributed by atoms with E-state index in [1.807, 2.05) is 0 Å². The zero-order valence-electron chi connectivity index (χ0n) is 9.20. The van der Waals surface area contributed by atoms with Gasteiger partial charge >= 0.3 is 0 Å². The maximum atomic E-state index is 5.58. The molecule has 0 radical (unpaired) electrons. The maximum Gasteiger partial charge on any atom is 0.195 e. The summed E-state index contributed by atoms with van der Waals surface area (Å²) in [5.74, 6) is 1.13. The van der Waals surface area contributed by atoms with Gasteiger partial charge in [0.15, 0.2) is 5.89 Å². The summed E-state index contributed by atoms with van der Waals surface area (Å²) in [6.45, 7) is 3.81. The Balaban J connectivity index is 1.94. The number of nitrogens with zero attached hydrogens (tertiary/aromatic N) is 1. The molecule has 2 heterocycles. The van der Waals surface area contributed by atoms with E-state index >= 15 is 0 Å². The normalized spacial score (nSPS) is 23.2. The molecule has 84 valence electrons. The van der Waals surface area contributed by atoms with Crippen LogP contribution < -0.4 is 11.1 Å². The summed E-state index contributed by atoms with van der Waals surface area (Å²) in [7, 11) is 0. The van der Waals surface area contributed by atoms with Gasteiger partial charge in [-0.1, -0.05) is 6.92 Å². The van der Waals surface area contributed by atoms with E-state index in [0.29, 0.717) is 18.5 Å². The standard InChI is InChI=1S/C11H19N3O/c1-8(6-12)10-7-15-11(14-10)5-9-3-2-4-13-9/h7-9,13H,2-6,12H2,1H3. The van der Waals surface area contributed by atoms with E-state index < -0.39 is 0 Å². The number of nitrogens with two attached hydrogens (primary N) is 1. The van der Waals surface area contributed by atoms with E-state index in [-0.39, 0.29) is 0 Å². The first-order valence-corrected chi connectivity index (χ1v) is 5.67. The first-order chi connectivity index (χ1) is 7.29. The van der Waals surface area contributed by atoms with Crippen LogP contribution in [-0.2, 0) is 6.42 Å². The second-order valence-electron chi connectivity index (χ2n) is 4.30. The number of hydrogen-bond acceptors (Lipinski definition) is 4. The largest absolute Gasteiger partial charge is 0.449 e. The highest BCUT2D eigenvalue weighted by atomic mass is 16.3. The highest BCUT2D eigenvalue weighted by Gasteiger charge is 2.18. The minimum atomic E-state index is 0.291. The molecule has 1 aliphatic heterocycles. The fourth-order valence-corrected chi connectivity index (χ4v) is 1.91. The lowest BCUT2D eigenvalue weighted by Gasteiger charge is -2.05. The number of aromatic nitrogens is 1. The van der Waals surface area contributed by atoms with Crippen LogP contribution in [0.3, 0.4) is 0 Å². The van der Waals surface area contributed by atoms with Crippen molar-refractivity contribution in [1.29, 1.82) is 0 Å². The van der Waals surface area contributed by atoms with Crippen LogP contribution in [0.15, 0.2) is 10.7 Å². The Hall–Kier alpha value is -0.870. The summed E-state index contributed by atoms with van der Waals surface area (Å²) in [6.07, 6.45) is 5.13. The number of hydrogen-bond donors (Lipinski definition) is 2. The van der Waals surface area contributed by atoms with Gasteiger partial charge in [0.1, 0.15) is 6.26 Å². The second-order valence-corrected chi connectivity index (χ2v) is 4.30. The molecular weight excluding hydrogens is 190 g/mol. The van der Waals surface area contributed by atoms with Gasteiger partial charge in [0, 0.05) is 24.9 Å². The molecule has 2 atom stereocenters. The van der Waals surface area contributed by atoms with Crippen LogP contribution in [0.2, 0.25) is 0 Å². The molecule has 15 heavy (non-hydrogen) atoms. The van der Waals surface area contributed by atoms with Crippen molar-refractivity contribution in [3.8, 4) is 0 Å². The molecule has 2 unspecified atom stereocenters. The van der Waals surface area contributed by atoms with Crippen molar-refractivity contribution >= 4 is 0 Å². The third kappa shape index (κ3) is 2.58. The Bertz CT molecular complexity index is 305. The third-order valence-electron chi connectivity index (χ3n) is 3.01. The van der Waals surface area contributed by atoms with Gasteiger partial charge < -0.3 is 15.5 Å². The Labute approximate surface area is 90.2 Å². The van der Waals surface area contributed by atoms with Gasteiger partial charge in [-0.05, 0) is 19.4 Å². The zero-order chi connectivity index (χ0) is 10.7. The third-order valence-corrected chi connectivity index (χ3v) is 3.01. The quantitative estimate of drug-likeness (QED) is 0.777. The van der Waals surface area contributed by atoms with Crippen molar-refractivity contribution in [2.75, 3.05) is 13.1 Å². The van der Waals surface area contributed by atoms with Gasteiger partial charge in [-0.25, -0.2) is 4.98 Å². The molecular formula is C11H19N3O. The molecule has 1 fully saturated rings. The van der Waals surface area contributed by atoms with Gasteiger partial charge in [0.05, 0.1) is 5.69 Å². The molecule has 0 amide bonds. The van der Waals surface area contributed by atoms with E-state index in [2.05, 4.69) is 17.2 Å². The van der Waals surface area contributed by atoms with E-state index in [1.165, 1.54) is 12.8 Å². The van der Waals surface area contributed by atoms with E-state index in [1.54, 1.807) is 6.26 Å². The van der Waals surface area contributed by atoms with E-state index in [0.717, 1.165) is 24.6 Å². The molecule has 1 saturated heterocycles. The SMILES string of the molecule is CC(CN)c1coc(CC2CCCN2)n1. The van der Waals surface area contributed by atoms with Gasteiger partial charge in [0.25, 0.3) is 0 Å². The molecule has 4 nitrogen and oxygen atoms in total. The minimum absolute atomic E-state index is 0.291. The molecule has 4 heteroatoms. The van der Waals surface area contributed by atoms with Crippen molar-refractivity contribution in [2.24, 2.45) is 5.73 Å². The first-order valence-electron chi connectivity index (χ1n) is 5.67. The predicted octanol–water partition coefficient (Wildman–Crippen LogP) is 1.03. The van der Waals surface area contributed by atoms with Gasteiger partial charge in [0.2, 0.25) is 0 Å². The predicted molar refractivity (Wildman–Crippen MR) is 58.7 cm³/mol. The van der Waals surface area contributed by atoms with Crippen LogP contribution in [0, 0.1) is 0 Å². The summed E-state index contributed by atoms with van der Waals surface area (Å²) >= 11 is 0. The topological polar surface area (TPSA) is 64.1 Å². The average Bonchev–Trinajstić information content (AvgIpc) is 2.88. The van der Waals surface area contributed by atoms with Crippen LogP contribution in [0.4, 0.5) is 0 Å². The molecule has 0 aliphatic carbocycles. The summed E-state index contributed by atoms with van der Waals surface area (Å²) in [4.78, 5) is 4.46. The second kappa shape index (κ2) is 4.77. The smallest absolute Gasteiger partial charge is 0.195 e. The van der Waals surface area contributed by atoms with Crippen molar-refractivity contribution < 1.29 is 4.42 Å². The molecule has 0 aromatic carbocycles. The molecule has 1 aromatic rings. The summed E-state index contributed by atoms with van der Waals surface area (Å²) in [5.41, 5.74) is 6.56. The van der Waals surface area contributed by atoms with Crippen molar-refractivity contribution in [2.45, 2.75) is 38.1 Å². The summed E-state index contributed by atoms with van der Waals surface area (Å²) in [5, 5.41) is 3.43. The average molecular weight is 209 g/mol. The van der Waals surface area contributed by atoms with Crippen molar-refractivity contribution in [1.82, 2.24) is 10.3 Å². The Kier molecular flexibility index (Phi) is 3.38. The molecule has 0 saturated carbocycles. The van der Waals surface area contributed by atoms with Crippen LogP contribution in [0.25, 0.3) is 0 Å². The van der Waals surface area contributed by atoms with Crippen molar-refractivity contribution in [3.63, 3.8) is 0 Å². The fraction of sp³-hybridized carbons (Fsp3) is 0.727. The van der Waals surface area contributed by atoms with Crippen LogP contribution in [0.5, 0.6) is 0 Å². The number of oxazole rings is 1. The zero-order valence-corrected chi connectivity index (χ0v) is 9.20. The van der Waals surface area contributed by atoms with Gasteiger partial charge in [-0.15, -0.1) is 0 Å². The molecule has 1 aliphatic rings. The van der Waals surface area contributed by atoms with E-state index in [9.17, 15) is 0 Å². The monoisotopic (exact) mass is 209 g/mol. The Morgan fingerprint density at radius 3 is 3.27 bits per heavy atom.